The Balaban J connectivity index is 1.87. The molecule has 20 heavy (non-hydrogen) atoms. The molecule has 0 aliphatic rings. The molecule has 0 atom stereocenters. The third kappa shape index (κ3) is 2.38. The number of fused-ring (bicyclic) bond motifs is 1. The number of rotatable bonds is 2. The highest BCUT2D eigenvalue weighted by Gasteiger charge is 2.08. The Bertz CT molecular complexity index is 791. The molecule has 0 aliphatic heterocycles. The quantitative estimate of drug-likeness (QED) is 0.749. The molecular weight excluding hydrogens is 252 g/mol. The third-order valence-electron chi connectivity index (χ3n) is 2.98. The number of carbonyl (C=O) groups excluding carboxylic acids is 1. The van der Waals surface area contributed by atoms with Gasteiger partial charge in [-0.15, -0.1) is 0 Å². The number of pyridine rings is 1. The van der Waals surface area contributed by atoms with Crippen LogP contribution >= 0.6 is 0 Å². The normalized spacial score (nSPS) is 10.7. The van der Waals surface area contributed by atoms with E-state index in [0.717, 1.165) is 28.2 Å². The topological polar surface area (TPSA) is 70.7 Å². The van der Waals surface area contributed by atoms with Gasteiger partial charge in [-0.2, -0.15) is 0 Å². The molecule has 0 saturated heterocycles. The second-order valence-corrected chi connectivity index (χ2v) is 4.67. The van der Waals surface area contributed by atoms with Gasteiger partial charge < -0.3 is 10.3 Å². The number of nitrogens with one attached hydrogen (secondary N) is 2. The molecule has 0 bridgehead atoms. The van der Waals surface area contributed by atoms with Crippen molar-refractivity contribution in [3.63, 3.8) is 0 Å². The fourth-order valence-electron chi connectivity index (χ4n) is 2.08. The molecule has 100 valence electrons. The molecule has 2 N–H and O–H groups in total. The van der Waals surface area contributed by atoms with Crippen molar-refractivity contribution in [3.05, 3.63) is 53.6 Å². The van der Waals surface area contributed by atoms with Gasteiger partial charge in [0.05, 0.1) is 11.0 Å². The van der Waals surface area contributed by atoms with Crippen molar-refractivity contribution in [2.24, 2.45) is 0 Å². The fraction of sp³-hybridized carbons (Fsp3) is 0.133. The van der Waals surface area contributed by atoms with Crippen molar-refractivity contribution in [2.45, 2.75) is 13.8 Å². The number of carbonyl (C=O) groups is 1. The number of aryl methyl sites for hydroxylation is 2. The highest BCUT2D eigenvalue weighted by atomic mass is 16.1. The zero-order valence-electron chi connectivity index (χ0n) is 11.3. The Labute approximate surface area is 116 Å². The van der Waals surface area contributed by atoms with E-state index >= 15 is 0 Å². The minimum Gasteiger partial charge on any atom is -0.342 e. The first kappa shape index (κ1) is 12.3. The molecule has 5 nitrogen and oxygen atoms in total. The van der Waals surface area contributed by atoms with E-state index in [0.29, 0.717) is 5.69 Å². The maximum absolute atomic E-state index is 12.1. The number of anilines is 1. The zero-order valence-corrected chi connectivity index (χ0v) is 11.3. The van der Waals surface area contributed by atoms with E-state index in [1.165, 1.54) is 0 Å². The summed E-state index contributed by atoms with van der Waals surface area (Å²) in [6, 6.07) is 10.9. The van der Waals surface area contributed by atoms with Gasteiger partial charge >= 0.3 is 0 Å². The Morgan fingerprint density at radius 3 is 2.80 bits per heavy atom. The predicted octanol–water partition coefficient (Wildman–Crippen LogP) is 2.83. The van der Waals surface area contributed by atoms with Crippen molar-refractivity contribution in [3.8, 4) is 0 Å². The number of hydrogen-bond acceptors (Lipinski definition) is 3. The number of nitrogens with zero attached hydrogens (tertiary/aromatic N) is 2. The Morgan fingerprint density at radius 1 is 1.15 bits per heavy atom. The van der Waals surface area contributed by atoms with Crippen molar-refractivity contribution in [2.75, 3.05) is 5.32 Å². The van der Waals surface area contributed by atoms with Crippen LogP contribution in [-0.4, -0.2) is 20.9 Å². The minimum absolute atomic E-state index is 0.218. The summed E-state index contributed by atoms with van der Waals surface area (Å²) in [6.45, 7) is 3.76. The van der Waals surface area contributed by atoms with Crippen molar-refractivity contribution >= 4 is 22.6 Å². The number of benzene rings is 1. The number of aromatic amines is 1. The molecule has 1 amide bonds. The lowest BCUT2D eigenvalue weighted by Crippen LogP contribution is -2.13. The summed E-state index contributed by atoms with van der Waals surface area (Å²) in [5, 5.41) is 2.84. The highest BCUT2D eigenvalue weighted by molar-refractivity contribution is 6.03. The van der Waals surface area contributed by atoms with Crippen LogP contribution in [0.4, 0.5) is 5.69 Å². The molecule has 1 aromatic carbocycles. The minimum atomic E-state index is -0.218. The smallest absolute Gasteiger partial charge is 0.274 e. The number of imidazole rings is 1. The van der Waals surface area contributed by atoms with Crippen molar-refractivity contribution in [1.29, 1.82) is 0 Å². The van der Waals surface area contributed by atoms with Gasteiger partial charge in [0.2, 0.25) is 0 Å². The summed E-state index contributed by atoms with van der Waals surface area (Å²) in [4.78, 5) is 23.8. The monoisotopic (exact) mass is 266 g/mol. The van der Waals surface area contributed by atoms with Crippen LogP contribution in [0.2, 0.25) is 0 Å². The van der Waals surface area contributed by atoms with E-state index < -0.39 is 0 Å². The lowest BCUT2D eigenvalue weighted by molar-refractivity contribution is 0.102. The van der Waals surface area contributed by atoms with E-state index in [1.54, 1.807) is 6.07 Å². The van der Waals surface area contributed by atoms with Crippen LogP contribution in [0.1, 0.15) is 22.0 Å². The summed E-state index contributed by atoms with van der Waals surface area (Å²) in [5.74, 6) is 0.633. The van der Waals surface area contributed by atoms with Crippen molar-refractivity contribution in [1.82, 2.24) is 15.0 Å². The van der Waals surface area contributed by atoms with Crippen LogP contribution in [0.15, 0.2) is 36.4 Å². The van der Waals surface area contributed by atoms with Gasteiger partial charge in [0.1, 0.15) is 11.5 Å². The molecule has 0 saturated carbocycles. The Kier molecular flexibility index (Phi) is 2.95. The molecule has 2 heterocycles. The maximum atomic E-state index is 12.1. The van der Waals surface area contributed by atoms with E-state index in [1.807, 2.05) is 44.2 Å². The SMILES string of the molecule is Cc1cccc(C(=O)Nc2ccc3nc(C)[nH]c3c2)n1. The Hall–Kier alpha value is -2.69. The predicted molar refractivity (Wildman–Crippen MR) is 77.8 cm³/mol. The highest BCUT2D eigenvalue weighted by Crippen LogP contribution is 2.17. The first-order valence-corrected chi connectivity index (χ1v) is 6.33. The molecule has 0 spiro atoms. The second-order valence-electron chi connectivity index (χ2n) is 4.67. The summed E-state index contributed by atoms with van der Waals surface area (Å²) in [7, 11) is 0. The van der Waals surface area contributed by atoms with Gasteiger partial charge in [0, 0.05) is 11.4 Å². The van der Waals surface area contributed by atoms with E-state index in [-0.39, 0.29) is 5.91 Å². The molecule has 0 unspecified atom stereocenters. The molecule has 3 rings (SSSR count). The van der Waals surface area contributed by atoms with Crippen LogP contribution in [-0.2, 0) is 0 Å². The number of hydrogen-bond donors (Lipinski definition) is 2. The van der Waals surface area contributed by atoms with Gasteiger partial charge in [0.15, 0.2) is 0 Å². The van der Waals surface area contributed by atoms with Gasteiger partial charge in [-0.25, -0.2) is 9.97 Å². The van der Waals surface area contributed by atoms with Crippen LogP contribution in [0.25, 0.3) is 11.0 Å². The van der Waals surface area contributed by atoms with Crippen LogP contribution < -0.4 is 5.32 Å². The average Bonchev–Trinajstić information content (AvgIpc) is 2.78. The summed E-state index contributed by atoms with van der Waals surface area (Å²) in [5.41, 5.74) is 3.73. The number of amides is 1. The summed E-state index contributed by atoms with van der Waals surface area (Å²) < 4.78 is 0. The summed E-state index contributed by atoms with van der Waals surface area (Å²) >= 11 is 0. The average molecular weight is 266 g/mol. The molecule has 0 fully saturated rings. The molecule has 3 aromatic rings. The molecule has 0 aliphatic carbocycles. The van der Waals surface area contributed by atoms with Gasteiger partial charge in [-0.1, -0.05) is 6.07 Å². The lowest BCUT2D eigenvalue weighted by atomic mass is 10.2. The third-order valence-corrected chi connectivity index (χ3v) is 2.98. The fourth-order valence-corrected chi connectivity index (χ4v) is 2.08. The molecule has 2 aromatic heterocycles. The summed E-state index contributed by atoms with van der Waals surface area (Å²) in [6.07, 6.45) is 0. The van der Waals surface area contributed by atoms with Crippen LogP contribution in [0.3, 0.4) is 0 Å². The first-order valence-electron chi connectivity index (χ1n) is 6.33. The van der Waals surface area contributed by atoms with Crippen LogP contribution in [0, 0.1) is 13.8 Å². The van der Waals surface area contributed by atoms with Crippen molar-refractivity contribution < 1.29 is 4.79 Å². The number of H-pyrrole nitrogens is 1. The maximum Gasteiger partial charge on any atom is 0.274 e. The molecular formula is C15H14N4O. The second kappa shape index (κ2) is 4.77. The zero-order chi connectivity index (χ0) is 14.1. The van der Waals surface area contributed by atoms with Gasteiger partial charge in [-0.05, 0) is 44.2 Å². The van der Waals surface area contributed by atoms with Crippen LogP contribution in [0.5, 0.6) is 0 Å². The molecule has 0 radical (unpaired) electrons. The Morgan fingerprint density at radius 2 is 2.00 bits per heavy atom. The van der Waals surface area contributed by atoms with E-state index in [4.69, 9.17) is 0 Å². The van der Waals surface area contributed by atoms with E-state index in [2.05, 4.69) is 20.3 Å². The van der Waals surface area contributed by atoms with Gasteiger partial charge in [0.25, 0.3) is 5.91 Å². The first-order chi connectivity index (χ1) is 9.61. The lowest BCUT2D eigenvalue weighted by Gasteiger charge is -2.05. The standard InChI is InChI=1S/C15H14N4O/c1-9-4-3-5-13(16-9)15(20)19-11-6-7-12-14(8-11)18-10(2)17-12/h3-8H,1-2H3,(H,17,18)(H,19,20). The van der Waals surface area contributed by atoms with Gasteiger partial charge in [-0.3, -0.25) is 4.79 Å². The van der Waals surface area contributed by atoms with E-state index in [9.17, 15) is 4.79 Å². The largest absolute Gasteiger partial charge is 0.342 e. The molecule has 5 heteroatoms. The number of aromatic nitrogens is 3.